The second-order valence-electron chi connectivity index (χ2n) is 7.13. The summed E-state index contributed by atoms with van der Waals surface area (Å²) in [4.78, 5) is 45.1. The number of piperidine rings is 1. The van der Waals surface area contributed by atoms with Gasteiger partial charge in [0.1, 0.15) is 17.0 Å². The third-order valence-electron chi connectivity index (χ3n) is 5.03. The zero-order chi connectivity index (χ0) is 21.1. The van der Waals surface area contributed by atoms with E-state index in [0.29, 0.717) is 15.6 Å². The van der Waals surface area contributed by atoms with Gasteiger partial charge < -0.3 is 14.6 Å². The molecule has 9 nitrogen and oxygen atoms in total. The van der Waals surface area contributed by atoms with Crippen LogP contribution in [0.2, 0.25) is 0 Å². The first-order valence-electron chi connectivity index (χ1n) is 9.87. The van der Waals surface area contributed by atoms with Crippen LogP contribution in [0.3, 0.4) is 0 Å². The third kappa shape index (κ3) is 3.95. The van der Waals surface area contributed by atoms with Crippen LogP contribution in [-0.4, -0.2) is 33.1 Å². The Labute approximate surface area is 176 Å². The van der Waals surface area contributed by atoms with E-state index in [1.807, 2.05) is 0 Å². The Morgan fingerprint density at radius 3 is 2.77 bits per heavy atom. The molecule has 3 aromatic heterocycles. The summed E-state index contributed by atoms with van der Waals surface area (Å²) in [6.07, 6.45) is 6.33. The summed E-state index contributed by atoms with van der Waals surface area (Å²) < 4.78 is 7.94. The number of hydrogen-bond acceptors (Lipinski definition) is 7. The normalized spacial score (nSPS) is 14.2. The van der Waals surface area contributed by atoms with Gasteiger partial charge >= 0.3 is 5.69 Å². The molecule has 0 atom stereocenters. The summed E-state index contributed by atoms with van der Waals surface area (Å²) in [5.41, 5.74) is -0.719. The van der Waals surface area contributed by atoms with Gasteiger partial charge in [0.25, 0.3) is 5.56 Å². The quantitative estimate of drug-likeness (QED) is 0.574. The first kappa shape index (κ1) is 20.1. The van der Waals surface area contributed by atoms with E-state index in [9.17, 15) is 14.4 Å². The molecule has 1 N–H and O–H groups in total. The molecule has 1 aliphatic heterocycles. The lowest BCUT2D eigenvalue weighted by Crippen LogP contribution is -2.42. The highest BCUT2D eigenvalue weighted by molar-refractivity contribution is 7.22. The van der Waals surface area contributed by atoms with Crippen molar-refractivity contribution in [2.24, 2.45) is 0 Å². The molecule has 3 aromatic rings. The number of nitrogens with one attached hydrogen (secondary N) is 1. The van der Waals surface area contributed by atoms with Crippen molar-refractivity contribution in [2.75, 3.05) is 18.0 Å². The van der Waals surface area contributed by atoms with E-state index in [4.69, 9.17) is 4.42 Å². The van der Waals surface area contributed by atoms with Crippen molar-refractivity contribution >= 4 is 32.7 Å². The highest BCUT2D eigenvalue weighted by Crippen LogP contribution is 2.28. The molecule has 0 saturated carbocycles. The summed E-state index contributed by atoms with van der Waals surface area (Å²) in [6.45, 7) is 5.41. The molecule has 0 bridgehead atoms. The number of rotatable bonds is 7. The Balaban J connectivity index is 1.71. The van der Waals surface area contributed by atoms with Gasteiger partial charge in [-0.05, 0) is 31.4 Å². The van der Waals surface area contributed by atoms with E-state index >= 15 is 0 Å². The number of furan rings is 1. The van der Waals surface area contributed by atoms with Gasteiger partial charge in [0.05, 0.1) is 12.8 Å². The molecule has 1 aliphatic rings. The number of anilines is 1. The Kier molecular flexibility index (Phi) is 5.84. The first-order chi connectivity index (χ1) is 14.6. The van der Waals surface area contributed by atoms with Crippen LogP contribution >= 0.6 is 11.3 Å². The predicted octanol–water partition coefficient (Wildman–Crippen LogP) is 1.71. The zero-order valence-corrected chi connectivity index (χ0v) is 17.3. The molecule has 4 rings (SSSR count). The molecule has 1 fully saturated rings. The minimum Gasteiger partial charge on any atom is -0.467 e. The van der Waals surface area contributed by atoms with Crippen molar-refractivity contribution in [2.45, 2.75) is 38.9 Å². The second kappa shape index (κ2) is 8.70. The second-order valence-corrected chi connectivity index (χ2v) is 8.10. The minimum absolute atomic E-state index is 0.0680. The summed E-state index contributed by atoms with van der Waals surface area (Å²) in [5.74, 6) is 0.240. The number of nitrogens with zero attached hydrogens (tertiary/aromatic N) is 4. The SMILES string of the molecule is C=CCn1c(=O)c2sc(N3CCCCC3)nc2n(CC(=O)NCc2ccco2)c1=O. The average molecular weight is 430 g/mol. The van der Waals surface area contributed by atoms with Crippen LogP contribution in [0.15, 0.2) is 45.1 Å². The maximum absolute atomic E-state index is 13.0. The number of thiazole rings is 1. The van der Waals surface area contributed by atoms with E-state index in [-0.39, 0.29) is 31.2 Å². The maximum Gasteiger partial charge on any atom is 0.333 e. The molecule has 10 heteroatoms. The number of amides is 1. The van der Waals surface area contributed by atoms with Gasteiger partial charge in [0.15, 0.2) is 10.8 Å². The van der Waals surface area contributed by atoms with Gasteiger partial charge in [-0.15, -0.1) is 6.58 Å². The monoisotopic (exact) mass is 429 g/mol. The van der Waals surface area contributed by atoms with Gasteiger partial charge in [-0.1, -0.05) is 17.4 Å². The number of allylic oxidation sites excluding steroid dienone is 1. The fraction of sp³-hybridized carbons (Fsp3) is 0.400. The number of hydrogen-bond donors (Lipinski definition) is 1. The molecule has 0 radical (unpaired) electrons. The average Bonchev–Trinajstić information content (AvgIpc) is 3.44. The van der Waals surface area contributed by atoms with Gasteiger partial charge in [0.2, 0.25) is 5.91 Å². The molecule has 4 heterocycles. The van der Waals surface area contributed by atoms with Crippen molar-refractivity contribution in [1.82, 2.24) is 19.4 Å². The smallest absolute Gasteiger partial charge is 0.333 e. The predicted molar refractivity (Wildman–Crippen MR) is 115 cm³/mol. The molecule has 0 unspecified atom stereocenters. The van der Waals surface area contributed by atoms with Gasteiger partial charge in [0, 0.05) is 19.6 Å². The van der Waals surface area contributed by atoms with Crippen LogP contribution in [0, 0.1) is 0 Å². The topological polar surface area (TPSA) is 102 Å². The van der Waals surface area contributed by atoms with Crippen molar-refractivity contribution < 1.29 is 9.21 Å². The molecule has 0 aromatic carbocycles. The van der Waals surface area contributed by atoms with Crippen LogP contribution < -0.4 is 21.5 Å². The standard InChI is InChI=1S/C20H23N5O4S/c1-2-8-24-18(27)16-17(22-19(30-16)23-9-4-3-5-10-23)25(20(24)28)13-15(26)21-12-14-7-6-11-29-14/h2,6-7,11H,1,3-5,8-10,12-13H2,(H,21,26). The summed E-state index contributed by atoms with van der Waals surface area (Å²) in [5, 5.41) is 3.44. The molecular formula is C20H23N5O4S. The molecule has 0 spiro atoms. The highest BCUT2D eigenvalue weighted by atomic mass is 32.1. The van der Waals surface area contributed by atoms with Gasteiger partial charge in [-0.2, -0.15) is 0 Å². The van der Waals surface area contributed by atoms with E-state index < -0.39 is 11.2 Å². The van der Waals surface area contributed by atoms with Gasteiger partial charge in [-0.3, -0.25) is 18.7 Å². The third-order valence-corrected chi connectivity index (χ3v) is 6.13. The van der Waals surface area contributed by atoms with Crippen LogP contribution in [-0.2, 0) is 24.4 Å². The highest BCUT2D eigenvalue weighted by Gasteiger charge is 2.22. The Bertz CT molecular complexity index is 1170. The zero-order valence-electron chi connectivity index (χ0n) is 16.5. The van der Waals surface area contributed by atoms with Crippen molar-refractivity contribution in [3.05, 3.63) is 57.6 Å². The van der Waals surface area contributed by atoms with Crippen molar-refractivity contribution in [3.8, 4) is 0 Å². The molecule has 1 saturated heterocycles. The van der Waals surface area contributed by atoms with E-state index in [0.717, 1.165) is 30.5 Å². The van der Waals surface area contributed by atoms with Crippen molar-refractivity contribution in [3.63, 3.8) is 0 Å². The first-order valence-corrected chi connectivity index (χ1v) is 10.7. The summed E-state index contributed by atoms with van der Waals surface area (Å²) in [7, 11) is 0. The minimum atomic E-state index is -0.573. The summed E-state index contributed by atoms with van der Waals surface area (Å²) >= 11 is 1.27. The summed E-state index contributed by atoms with van der Waals surface area (Å²) in [6, 6.07) is 3.48. The molecular weight excluding hydrogens is 406 g/mol. The molecule has 1 amide bonds. The number of carbonyl (C=O) groups is 1. The lowest BCUT2D eigenvalue weighted by molar-refractivity contribution is -0.121. The fourth-order valence-corrected chi connectivity index (χ4v) is 4.59. The lowest BCUT2D eigenvalue weighted by Gasteiger charge is -2.25. The maximum atomic E-state index is 13.0. The Morgan fingerprint density at radius 2 is 2.07 bits per heavy atom. The van der Waals surface area contributed by atoms with E-state index in [1.54, 1.807) is 12.1 Å². The molecule has 0 aliphatic carbocycles. The van der Waals surface area contributed by atoms with Gasteiger partial charge in [-0.25, -0.2) is 9.78 Å². The Morgan fingerprint density at radius 1 is 1.27 bits per heavy atom. The number of carbonyl (C=O) groups excluding carboxylic acids is 1. The Hall–Kier alpha value is -3.14. The van der Waals surface area contributed by atoms with Crippen LogP contribution in [0.4, 0.5) is 5.13 Å². The number of aromatic nitrogens is 3. The molecule has 158 valence electrons. The fourth-order valence-electron chi connectivity index (χ4n) is 3.52. The van der Waals surface area contributed by atoms with Crippen LogP contribution in [0.5, 0.6) is 0 Å². The number of fused-ring (bicyclic) bond motifs is 1. The lowest BCUT2D eigenvalue weighted by atomic mass is 10.1. The van der Waals surface area contributed by atoms with E-state index in [1.165, 1.54) is 34.7 Å². The van der Waals surface area contributed by atoms with Crippen molar-refractivity contribution in [1.29, 1.82) is 0 Å². The van der Waals surface area contributed by atoms with Crippen LogP contribution in [0.25, 0.3) is 10.3 Å². The largest absolute Gasteiger partial charge is 0.467 e. The molecule has 30 heavy (non-hydrogen) atoms. The van der Waals surface area contributed by atoms with E-state index in [2.05, 4.69) is 21.8 Å². The van der Waals surface area contributed by atoms with Crippen LogP contribution in [0.1, 0.15) is 25.0 Å².